The molecule has 1 unspecified atom stereocenters. The Balaban J connectivity index is 2.53. The lowest BCUT2D eigenvalue weighted by Gasteiger charge is -2.21. The normalized spacial score (nSPS) is 13.2. The van der Waals surface area contributed by atoms with Crippen LogP contribution in [0.5, 0.6) is 0 Å². The third-order valence-corrected chi connectivity index (χ3v) is 2.99. The van der Waals surface area contributed by atoms with Crippen molar-refractivity contribution < 1.29 is 13.2 Å². The van der Waals surface area contributed by atoms with Crippen LogP contribution in [0, 0.1) is 6.92 Å². The summed E-state index contributed by atoms with van der Waals surface area (Å²) in [6.07, 6.45) is 1.19. The standard InChI is InChI=1S/C14H14F3N3/c1-9-5-10(7-20-6-9)13(18-2)11-8-19-4-3-12(11)14(15,16)17/h3-8,13,18H,1-2H3. The molecule has 0 bridgehead atoms. The molecule has 0 aliphatic carbocycles. The van der Waals surface area contributed by atoms with Crippen molar-refractivity contribution in [2.24, 2.45) is 0 Å². The molecule has 0 spiro atoms. The Morgan fingerprint density at radius 3 is 2.50 bits per heavy atom. The maximum absolute atomic E-state index is 13.1. The van der Waals surface area contributed by atoms with Crippen LogP contribution in [0.4, 0.5) is 13.2 Å². The Bertz CT molecular complexity index is 596. The molecule has 2 aromatic rings. The highest BCUT2D eigenvalue weighted by atomic mass is 19.4. The minimum absolute atomic E-state index is 0.0925. The van der Waals surface area contributed by atoms with Crippen molar-refractivity contribution >= 4 is 0 Å². The molecule has 0 radical (unpaired) electrons. The topological polar surface area (TPSA) is 37.8 Å². The number of nitrogens with zero attached hydrogens (tertiary/aromatic N) is 2. The van der Waals surface area contributed by atoms with E-state index in [9.17, 15) is 13.2 Å². The van der Waals surface area contributed by atoms with Gasteiger partial charge in [-0.15, -0.1) is 0 Å². The van der Waals surface area contributed by atoms with E-state index >= 15 is 0 Å². The molecule has 1 N–H and O–H groups in total. The van der Waals surface area contributed by atoms with Gasteiger partial charge in [-0.25, -0.2) is 0 Å². The lowest BCUT2D eigenvalue weighted by molar-refractivity contribution is -0.138. The molecule has 0 amide bonds. The average molecular weight is 281 g/mol. The minimum Gasteiger partial charge on any atom is -0.309 e. The second-order valence-corrected chi connectivity index (χ2v) is 4.48. The first-order valence-corrected chi connectivity index (χ1v) is 6.03. The number of alkyl halides is 3. The number of hydrogen-bond acceptors (Lipinski definition) is 3. The molecule has 0 saturated heterocycles. The van der Waals surface area contributed by atoms with Crippen LogP contribution in [0.3, 0.4) is 0 Å². The zero-order chi connectivity index (χ0) is 14.8. The average Bonchev–Trinajstić information content (AvgIpc) is 2.39. The van der Waals surface area contributed by atoms with Crippen LogP contribution in [-0.2, 0) is 6.18 Å². The molecular formula is C14H14F3N3. The van der Waals surface area contributed by atoms with Crippen molar-refractivity contribution in [3.8, 4) is 0 Å². The van der Waals surface area contributed by atoms with Crippen LogP contribution in [0.2, 0.25) is 0 Å². The highest BCUT2D eigenvalue weighted by molar-refractivity contribution is 5.36. The fourth-order valence-corrected chi connectivity index (χ4v) is 2.13. The number of halogens is 3. The first-order valence-electron chi connectivity index (χ1n) is 6.03. The Hall–Kier alpha value is -1.95. The zero-order valence-electron chi connectivity index (χ0n) is 11.1. The van der Waals surface area contributed by atoms with Crippen LogP contribution in [0.25, 0.3) is 0 Å². The van der Waals surface area contributed by atoms with Crippen molar-refractivity contribution in [1.29, 1.82) is 0 Å². The van der Waals surface area contributed by atoms with Gasteiger partial charge in [0.05, 0.1) is 11.6 Å². The highest BCUT2D eigenvalue weighted by Gasteiger charge is 2.35. The molecule has 0 fully saturated rings. The van der Waals surface area contributed by atoms with Crippen LogP contribution in [0.15, 0.2) is 36.9 Å². The molecule has 0 saturated carbocycles. The summed E-state index contributed by atoms with van der Waals surface area (Å²) in [6.45, 7) is 1.84. The predicted molar refractivity (Wildman–Crippen MR) is 69.1 cm³/mol. The molecule has 2 heterocycles. The maximum atomic E-state index is 13.1. The summed E-state index contributed by atoms with van der Waals surface area (Å²) in [4.78, 5) is 7.84. The second kappa shape index (κ2) is 5.58. The molecule has 2 rings (SSSR count). The largest absolute Gasteiger partial charge is 0.416 e. The molecular weight excluding hydrogens is 267 g/mol. The molecule has 106 valence electrons. The van der Waals surface area contributed by atoms with Crippen molar-refractivity contribution in [2.75, 3.05) is 7.05 Å². The molecule has 2 aromatic heterocycles. The fraction of sp³-hybridized carbons (Fsp3) is 0.286. The van der Waals surface area contributed by atoms with Crippen LogP contribution >= 0.6 is 0 Å². The van der Waals surface area contributed by atoms with E-state index in [0.29, 0.717) is 5.56 Å². The molecule has 0 aliphatic rings. The van der Waals surface area contributed by atoms with Gasteiger partial charge in [0.2, 0.25) is 0 Å². The number of nitrogens with one attached hydrogen (secondary N) is 1. The Kier molecular flexibility index (Phi) is 4.04. The third-order valence-electron chi connectivity index (χ3n) is 2.99. The summed E-state index contributed by atoms with van der Waals surface area (Å²) < 4.78 is 39.2. The highest BCUT2D eigenvalue weighted by Crippen LogP contribution is 2.35. The van der Waals surface area contributed by atoms with E-state index in [0.717, 1.165) is 17.8 Å². The molecule has 1 atom stereocenters. The Labute approximate surface area is 114 Å². The lowest BCUT2D eigenvalue weighted by atomic mass is 9.96. The summed E-state index contributed by atoms with van der Waals surface area (Å²) in [5.74, 6) is 0. The predicted octanol–water partition coefficient (Wildman–Crippen LogP) is 3.11. The maximum Gasteiger partial charge on any atom is 0.416 e. The molecule has 6 heteroatoms. The van der Waals surface area contributed by atoms with E-state index in [4.69, 9.17) is 0 Å². The van der Waals surface area contributed by atoms with Gasteiger partial charge in [-0.3, -0.25) is 9.97 Å². The van der Waals surface area contributed by atoms with Crippen molar-refractivity contribution in [3.63, 3.8) is 0 Å². The first kappa shape index (κ1) is 14.5. The number of hydrogen-bond donors (Lipinski definition) is 1. The van der Waals surface area contributed by atoms with Crippen molar-refractivity contribution in [1.82, 2.24) is 15.3 Å². The second-order valence-electron chi connectivity index (χ2n) is 4.48. The SMILES string of the molecule is CNC(c1cncc(C)c1)c1cnccc1C(F)(F)F. The van der Waals surface area contributed by atoms with E-state index in [1.165, 1.54) is 6.20 Å². The van der Waals surface area contributed by atoms with Gasteiger partial charge in [0, 0.05) is 30.4 Å². The molecule has 3 nitrogen and oxygen atoms in total. The number of aromatic nitrogens is 2. The van der Waals surface area contributed by atoms with Crippen molar-refractivity contribution in [2.45, 2.75) is 19.1 Å². The third kappa shape index (κ3) is 2.96. The van der Waals surface area contributed by atoms with E-state index in [1.54, 1.807) is 25.5 Å². The summed E-state index contributed by atoms with van der Waals surface area (Å²) in [6, 6.07) is 2.19. The van der Waals surface area contributed by atoms with Crippen molar-refractivity contribution in [3.05, 3.63) is 59.2 Å². The zero-order valence-corrected chi connectivity index (χ0v) is 11.1. The lowest BCUT2D eigenvalue weighted by Crippen LogP contribution is -2.22. The minimum atomic E-state index is -4.41. The van der Waals surface area contributed by atoms with Gasteiger partial charge in [-0.05, 0) is 31.2 Å². The van der Waals surface area contributed by atoms with Crippen LogP contribution in [-0.4, -0.2) is 17.0 Å². The summed E-state index contributed by atoms with van der Waals surface area (Å²) in [5.41, 5.74) is 0.967. The van der Waals surface area contributed by atoms with Gasteiger partial charge in [0.15, 0.2) is 0 Å². The van der Waals surface area contributed by atoms with Gasteiger partial charge in [-0.2, -0.15) is 13.2 Å². The van der Waals surface area contributed by atoms with E-state index in [1.807, 2.05) is 6.92 Å². The van der Waals surface area contributed by atoms with Gasteiger partial charge in [0.25, 0.3) is 0 Å². The number of aryl methyl sites for hydroxylation is 1. The Morgan fingerprint density at radius 1 is 1.15 bits per heavy atom. The van der Waals surface area contributed by atoms with E-state index in [-0.39, 0.29) is 5.56 Å². The van der Waals surface area contributed by atoms with E-state index < -0.39 is 17.8 Å². The van der Waals surface area contributed by atoms with Gasteiger partial charge < -0.3 is 5.32 Å². The first-order chi connectivity index (χ1) is 9.43. The number of rotatable bonds is 3. The van der Waals surface area contributed by atoms with Gasteiger partial charge >= 0.3 is 6.18 Å². The quantitative estimate of drug-likeness (QED) is 0.939. The van der Waals surface area contributed by atoms with Gasteiger partial charge in [0.1, 0.15) is 0 Å². The smallest absolute Gasteiger partial charge is 0.309 e. The summed E-state index contributed by atoms with van der Waals surface area (Å²) >= 11 is 0. The molecule has 0 aromatic carbocycles. The molecule has 20 heavy (non-hydrogen) atoms. The van der Waals surface area contributed by atoms with Crippen LogP contribution in [0.1, 0.15) is 28.3 Å². The summed E-state index contributed by atoms with van der Waals surface area (Å²) in [5, 5.41) is 2.89. The van der Waals surface area contributed by atoms with E-state index in [2.05, 4.69) is 15.3 Å². The fourth-order valence-electron chi connectivity index (χ4n) is 2.13. The van der Waals surface area contributed by atoms with Gasteiger partial charge in [-0.1, -0.05) is 6.07 Å². The molecule has 0 aliphatic heterocycles. The monoisotopic (exact) mass is 281 g/mol. The summed E-state index contributed by atoms with van der Waals surface area (Å²) in [7, 11) is 1.61. The Morgan fingerprint density at radius 2 is 1.90 bits per heavy atom. The number of pyridine rings is 2. The van der Waals surface area contributed by atoms with Crippen LogP contribution < -0.4 is 5.32 Å².